The largest absolute Gasteiger partial charge is 0.413 e. The number of rotatable bonds is 12. The maximum Gasteiger partial charge on any atom is 0.192 e. The van der Waals surface area contributed by atoms with Crippen molar-refractivity contribution in [1.82, 2.24) is 0 Å². The molecule has 6 atom stereocenters. The third kappa shape index (κ3) is 10.4. The molecule has 0 aromatic heterocycles. The highest BCUT2D eigenvalue weighted by atomic mass is 28.4. The van der Waals surface area contributed by atoms with Crippen molar-refractivity contribution in [2.24, 2.45) is 17.3 Å². The van der Waals surface area contributed by atoms with Crippen LogP contribution >= 0.6 is 0 Å². The van der Waals surface area contributed by atoms with Gasteiger partial charge in [0, 0.05) is 13.0 Å². The molecule has 3 saturated carbocycles. The molecule has 3 rings (SSSR count). The summed E-state index contributed by atoms with van der Waals surface area (Å²) < 4.78 is 27.3. The smallest absolute Gasteiger partial charge is 0.192 e. The van der Waals surface area contributed by atoms with Gasteiger partial charge in [0.1, 0.15) is 0 Å². The fourth-order valence-electron chi connectivity index (χ4n) is 8.30. The third-order valence-corrected chi connectivity index (χ3v) is 23.2. The second-order valence-corrected chi connectivity index (χ2v) is 34.6. The van der Waals surface area contributed by atoms with E-state index in [1.807, 2.05) is 0 Å². The molecule has 278 valence electrons. The van der Waals surface area contributed by atoms with Crippen molar-refractivity contribution in [1.29, 1.82) is 0 Å². The van der Waals surface area contributed by atoms with Gasteiger partial charge in [-0.1, -0.05) is 72.8 Å². The van der Waals surface area contributed by atoms with Crippen LogP contribution in [0.4, 0.5) is 0 Å². The average Bonchev–Trinajstić information content (AvgIpc) is 3.24. The molecule has 3 aliphatic rings. The third-order valence-electron chi connectivity index (χ3n) is 13.0. The van der Waals surface area contributed by atoms with Gasteiger partial charge in [-0.25, -0.2) is 0 Å². The summed E-state index contributed by atoms with van der Waals surface area (Å²) in [6.45, 7) is 45.2. The summed E-state index contributed by atoms with van der Waals surface area (Å²) in [6, 6.07) is 0. The Labute approximate surface area is 301 Å². The minimum atomic E-state index is -1.99. The van der Waals surface area contributed by atoms with E-state index in [0.717, 1.165) is 25.9 Å². The fraction of sp³-hybridized carbons (Fsp3) is 0.854. The Morgan fingerprint density at radius 1 is 0.875 bits per heavy atom. The molecular weight excluding hydrogens is 641 g/mol. The zero-order valence-electron chi connectivity index (χ0n) is 34.7. The van der Waals surface area contributed by atoms with E-state index in [1.165, 1.54) is 43.3 Å². The molecule has 48 heavy (non-hydrogen) atoms. The van der Waals surface area contributed by atoms with E-state index in [-0.39, 0.29) is 39.4 Å². The summed E-state index contributed by atoms with van der Waals surface area (Å²) in [6.07, 6.45) is 14.5. The van der Waals surface area contributed by atoms with Gasteiger partial charge in [-0.05, 0) is 150 Å². The SMILES string of the molecule is C=C1C(=CC=C2CCC[C@]3(C)[C@@H]([C@H](C)OCCC(C)(C)O[Si](C)(C)C)CC[C@@H]23)C[C@H](O[Si](C)(C)C(C)(C)C)C[C@@H]1O[Si](C)(C)C(C)(C)C. The van der Waals surface area contributed by atoms with E-state index in [2.05, 4.69) is 127 Å². The summed E-state index contributed by atoms with van der Waals surface area (Å²) in [5.41, 5.74) is 4.31. The maximum atomic E-state index is 7.10. The summed E-state index contributed by atoms with van der Waals surface area (Å²) >= 11 is 0. The minimum Gasteiger partial charge on any atom is -0.413 e. The zero-order chi connectivity index (χ0) is 36.7. The van der Waals surface area contributed by atoms with Crippen molar-refractivity contribution < 1.29 is 18.0 Å². The van der Waals surface area contributed by atoms with Crippen LogP contribution < -0.4 is 0 Å². The van der Waals surface area contributed by atoms with E-state index < -0.39 is 25.0 Å². The number of ether oxygens (including phenoxy) is 1. The Hall–Kier alpha value is -0.289. The quantitative estimate of drug-likeness (QED) is 0.188. The lowest BCUT2D eigenvalue weighted by Gasteiger charge is -2.45. The molecule has 0 unspecified atom stereocenters. The second-order valence-electron chi connectivity index (χ2n) is 20.7. The highest BCUT2D eigenvalue weighted by Crippen LogP contribution is 2.59. The van der Waals surface area contributed by atoms with E-state index >= 15 is 0 Å². The predicted molar refractivity (Wildman–Crippen MR) is 215 cm³/mol. The van der Waals surface area contributed by atoms with E-state index in [1.54, 1.807) is 5.57 Å². The van der Waals surface area contributed by atoms with Crippen molar-refractivity contribution >= 4 is 25.0 Å². The van der Waals surface area contributed by atoms with Crippen molar-refractivity contribution in [2.45, 2.75) is 200 Å². The zero-order valence-corrected chi connectivity index (χ0v) is 37.7. The molecule has 0 amide bonds. The standard InChI is InChI=1S/C41H78O4Si3/c1-30-33(28-34(43-47(15,16)38(3,4)5)29-37(30)44-48(17,18)39(6,7)8)22-21-32-20-19-25-41(11)35(23-24-36(32)41)31(2)42-27-26-40(9,10)45-46(12,13)14/h21-22,31,34-37H,1,19-20,23-29H2,2-18H3/t31-,34-,35+,36-,37-,41+/m0/s1. The molecule has 0 bridgehead atoms. The molecule has 7 heteroatoms. The summed E-state index contributed by atoms with van der Waals surface area (Å²) in [4.78, 5) is 0. The normalized spacial score (nSPS) is 30.6. The fourth-order valence-corrected chi connectivity index (χ4v) is 12.7. The maximum absolute atomic E-state index is 7.10. The second kappa shape index (κ2) is 15.0. The summed E-state index contributed by atoms with van der Waals surface area (Å²) in [5.74, 6) is 1.22. The Morgan fingerprint density at radius 3 is 2.02 bits per heavy atom. The number of hydrogen-bond donors (Lipinski definition) is 0. The van der Waals surface area contributed by atoms with Crippen LogP contribution in [0.25, 0.3) is 0 Å². The molecule has 3 aliphatic carbocycles. The van der Waals surface area contributed by atoms with E-state index in [0.29, 0.717) is 11.8 Å². The first kappa shape index (κ1) is 42.1. The van der Waals surface area contributed by atoms with Gasteiger partial charge in [-0.2, -0.15) is 0 Å². The van der Waals surface area contributed by atoms with Crippen LogP contribution in [-0.4, -0.2) is 55.5 Å². The summed E-state index contributed by atoms with van der Waals surface area (Å²) in [7, 11) is -5.51. The molecule has 0 radical (unpaired) electrons. The minimum absolute atomic E-state index is 0.0191. The molecule has 0 aromatic carbocycles. The molecule has 0 aliphatic heterocycles. The lowest BCUT2D eigenvalue weighted by molar-refractivity contribution is -0.0423. The van der Waals surface area contributed by atoms with Crippen LogP contribution in [0.2, 0.25) is 55.9 Å². The topological polar surface area (TPSA) is 36.9 Å². The Bertz CT molecular complexity index is 1180. The van der Waals surface area contributed by atoms with Gasteiger partial charge in [-0.3, -0.25) is 0 Å². The van der Waals surface area contributed by atoms with Crippen molar-refractivity contribution in [3.8, 4) is 0 Å². The van der Waals surface area contributed by atoms with Crippen molar-refractivity contribution in [3.63, 3.8) is 0 Å². The van der Waals surface area contributed by atoms with Crippen LogP contribution in [0.15, 0.2) is 35.5 Å². The van der Waals surface area contributed by atoms with Gasteiger partial charge >= 0.3 is 0 Å². The summed E-state index contributed by atoms with van der Waals surface area (Å²) in [5, 5.41) is 0.324. The van der Waals surface area contributed by atoms with Crippen LogP contribution in [0.1, 0.15) is 121 Å². The molecule has 0 saturated heterocycles. The Kier molecular flexibility index (Phi) is 13.1. The lowest BCUT2D eigenvalue weighted by atomic mass is 9.62. The van der Waals surface area contributed by atoms with E-state index in [4.69, 9.17) is 24.6 Å². The number of allylic oxidation sites excluding steroid dienone is 3. The first-order valence-corrected chi connectivity index (χ1v) is 28.6. The first-order valence-electron chi connectivity index (χ1n) is 19.3. The van der Waals surface area contributed by atoms with Gasteiger partial charge in [-0.15, -0.1) is 0 Å². The number of fused-ring (bicyclic) bond motifs is 1. The molecular formula is C41H78O4Si3. The highest BCUT2D eigenvalue weighted by Gasteiger charge is 2.51. The van der Waals surface area contributed by atoms with Gasteiger partial charge in [0.2, 0.25) is 0 Å². The molecule has 0 heterocycles. The molecule has 0 aromatic rings. The van der Waals surface area contributed by atoms with Gasteiger partial charge < -0.3 is 18.0 Å². The first-order chi connectivity index (χ1) is 21.6. The van der Waals surface area contributed by atoms with Crippen LogP contribution in [-0.2, 0) is 18.0 Å². The molecule has 0 N–H and O–H groups in total. The molecule has 3 fully saturated rings. The van der Waals surface area contributed by atoms with Crippen molar-refractivity contribution in [3.05, 3.63) is 35.5 Å². The Morgan fingerprint density at radius 2 is 1.46 bits per heavy atom. The number of hydrogen-bond acceptors (Lipinski definition) is 4. The van der Waals surface area contributed by atoms with Gasteiger partial charge in [0.05, 0.1) is 23.9 Å². The van der Waals surface area contributed by atoms with E-state index in [9.17, 15) is 0 Å². The van der Waals surface area contributed by atoms with Crippen LogP contribution in [0.5, 0.6) is 0 Å². The predicted octanol–water partition coefficient (Wildman–Crippen LogP) is 12.6. The van der Waals surface area contributed by atoms with Gasteiger partial charge in [0.15, 0.2) is 25.0 Å². The van der Waals surface area contributed by atoms with Gasteiger partial charge in [0.25, 0.3) is 0 Å². The highest BCUT2D eigenvalue weighted by molar-refractivity contribution is 6.74. The van der Waals surface area contributed by atoms with Crippen LogP contribution in [0, 0.1) is 17.3 Å². The lowest BCUT2D eigenvalue weighted by Crippen LogP contribution is -2.49. The van der Waals surface area contributed by atoms with Crippen LogP contribution in [0.3, 0.4) is 0 Å². The monoisotopic (exact) mass is 719 g/mol. The Balaban J connectivity index is 1.81. The molecule has 0 spiro atoms. The average molecular weight is 719 g/mol. The van der Waals surface area contributed by atoms with Crippen molar-refractivity contribution in [2.75, 3.05) is 6.61 Å². The molecule has 4 nitrogen and oxygen atoms in total.